The molecule has 0 saturated carbocycles. The van der Waals surface area contributed by atoms with E-state index < -0.39 is 6.16 Å². The summed E-state index contributed by atoms with van der Waals surface area (Å²) in [5.74, 6) is 0.254. The molecule has 22 heavy (non-hydrogen) atoms. The second kappa shape index (κ2) is 9.59. The van der Waals surface area contributed by atoms with E-state index in [1.807, 2.05) is 0 Å². The summed E-state index contributed by atoms with van der Waals surface area (Å²) in [4.78, 5) is 11.4. The normalized spacial score (nSPS) is 10.1. The molecule has 0 atom stereocenters. The first-order valence-electron chi connectivity index (χ1n) is 6.61. The number of nitrogen functional groups attached to an aromatic ring is 1. The molecule has 1 rings (SSSR count). The molecule has 0 amide bonds. The molecule has 0 bridgehead atoms. The second-order valence-electron chi connectivity index (χ2n) is 4.02. The van der Waals surface area contributed by atoms with Crippen molar-refractivity contribution in [3.63, 3.8) is 0 Å². The molecule has 0 aliphatic rings. The molecule has 0 aliphatic heterocycles. The van der Waals surface area contributed by atoms with Crippen LogP contribution in [0.25, 0.3) is 0 Å². The van der Waals surface area contributed by atoms with Crippen LogP contribution in [0.4, 0.5) is 4.79 Å². The van der Waals surface area contributed by atoms with Crippen LogP contribution in [0.3, 0.4) is 0 Å². The molecule has 8 nitrogen and oxygen atoms in total. The van der Waals surface area contributed by atoms with Gasteiger partial charge in [-0.3, -0.25) is 5.41 Å². The molecular formula is C14H20N2O6. The lowest BCUT2D eigenvalue weighted by molar-refractivity contribution is -0.00854. The summed E-state index contributed by atoms with van der Waals surface area (Å²) < 4.78 is 25.1. The molecule has 0 radical (unpaired) electrons. The number of nitrogens with one attached hydrogen (secondary N) is 1. The number of rotatable bonds is 9. The quantitative estimate of drug-likeness (QED) is 0.177. The summed E-state index contributed by atoms with van der Waals surface area (Å²) >= 11 is 0. The zero-order valence-corrected chi connectivity index (χ0v) is 12.6. The highest BCUT2D eigenvalue weighted by atomic mass is 16.7. The lowest BCUT2D eigenvalue weighted by Crippen LogP contribution is -2.17. The van der Waals surface area contributed by atoms with Crippen LogP contribution >= 0.6 is 0 Å². The van der Waals surface area contributed by atoms with E-state index >= 15 is 0 Å². The van der Waals surface area contributed by atoms with Gasteiger partial charge in [0.2, 0.25) is 0 Å². The average Bonchev–Trinajstić information content (AvgIpc) is 2.47. The van der Waals surface area contributed by atoms with Crippen LogP contribution in [0.2, 0.25) is 0 Å². The van der Waals surface area contributed by atoms with Crippen molar-refractivity contribution in [2.24, 2.45) is 5.73 Å². The van der Waals surface area contributed by atoms with E-state index in [0.717, 1.165) is 0 Å². The zero-order valence-electron chi connectivity index (χ0n) is 12.6. The lowest BCUT2D eigenvalue weighted by Gasteiger charge is -2.12. The number of carbonyl (C=O) groups excluding carboxylic acids is 1. The molecule has 0 aromatic heterocycles. The highest BCUT2D eigenvalue weighted by Crippen LogP contribution is 2.25. The number of nitrogens with two attached hydrogens (primary N) is 1. The van der Waals surface area contributed by atoms with E-state index in [0.29, 0.717) is 19.0 Å². The fourth-order valence-electron chi connectivity index (χ4n) is 1.45. The summed E-state index contributed by atoms with van der Waals surface area (Å²) in [5, 5.41) is 7.47. The molecule has 0 saturated heterocycles. The maximum absolute atomic E-state index is 11.4. The van der Waals surface area contributed by atoms with Crippen molar-refractivity contribution in [3.05, 3.63) is 23.8 Å². The van der Waals surface area contributed by atoms with E-state index in [4.69, 9.17) is 34.8 Å². The lowest BCUT2D eigenvalue weighted by atomic mass is 10.2. The largest absolute Gasteiger partial charge is 0.513 e. The molecular weight excluding hydrogens is 292 g/mol. The molecule has 0 heterocycles. The fraction of sp³-hybridized carbons (Fsp3) is 0.429. The van der Waals surface area contributed by atoms with Gasteiger partial charge in [-0.2, -0.15) is 0 Å². The van der Waals surface area contributed by atoms with Gasteiger partial charge in [0.15, 0.2) is 6.79 Å². The Morgan fingerprint density at radius 3 is 2.73 bits per heavy atom. The Bertz CT molecular complexity index is 506. The Labute approximate surface area is 128 Å². The van der Waals surface area contributed by atoms with Crippen LogP contribution in [0.5, 0.6) is 11.5 Å². The van der Waals surface area contributed by atoms with E-state index in [1.165, 1.54) is 12.1 Å². The first kappa shape index (κ1) is 17.7. The maximum atomic E-state index is 11.4. The summed E-state index contributed by atoms with van der Waals surface area (Å²) in [6.07, 6.45) is -0.876. The Morgan fingerprint density at radius 1 is 1.32 bits per heavy atom. The minimum atomic E-state index is -0.876. The molecule has 1 aromatic carbocycles. The van der Waals surface area contributed by atoms with E-state index in [2.05, 4.69) is 0 Å². The minimum Gasteiger partial charge on any atom is -0.467 e. The van der Waals surface area contributed by atoms with Gasteiger partial charge in [0.25, 0.3) is 0 Å². The molecule has 0 aliphatic carbocycles. The van der Waals surface area contributed by atoms with Crippen LogP contribution in [0, 0.1) is 5.41 Å². The monoisotopic (exact) mass is 312 g/mol. The van der Waals surface area contributed by atoms with Crippen LogP contribution in [0.15, 0.2) is 18.2 Å². The highest BCUT2D eigenvalue weighted by Gasteiger charge is 2.13. The minimum absolute atomic E-state index is 0.0155. The summed E-state index contributed by atoms with van der Waals surface area (Å²) in [6, 6.07) is 4.54. The maximum Gasteiger partial charge on any atom is 0.513 e. The third kappa shape index (κ3) is 5.98. The standard InChI is InChI=1S/C14H20N2O6/c1-3-20-14(17)22-12-8-10(4-5-11(12)13(15)16)21-9-19-7-6-18-2/h4-5,8H,3,6-7,9H2,1-2H3,(H3,15,16). The SMILES string of the molecule is CCOC(=O)Oc1cc(OCOCCOC)ccc1C(=N)N. The molecule has 1 aromatic rings. The predicted molar refractivity (Wildman–Crippen MR) is 78.4 cm³/mol. The number of amidine groups is 1. The molecule has 122 valence electrons. The van der Waals surface area contributed by atoms with E-state index in [1.54, 1.807) is 20.1 Å². The van der Waals surface area contributed by atoms with Gasteiger partial charge in [0.1, 0.15) is 17.3 Å². The van der Waals surface area contributed by atoms with Crippen LogP contribution in [-0.4, -0.2) is 45.7 Å². The van der Waals surface area contributed by atoms with E-state index in [9.17, 15) is 4.79 Å². The van der Waals surface area contributed by atoms with Gasteiger partial charge >= 0.3 is 6.16 Å². The second-order valence-corrected chi connectivity index (χ2v) is 4.02. The zero-order chi connectivity index (χ0) is 16.4. The number of carbonyl (C=O) groups is 1. The Hall–Kier alpha value is -2.32. The highest BCUT2D eigenvalue weighted by molar-refractivity contribution is 5.98. The number of hydrogen-bond acceptors (Lipinski definition) is 7. The molecule has 3 N–H and O–H groups in total. The van der Waals surface area contributed by atoms with Crippen molar-refractivity contribution in [2.45, 2.75) is 6.92 Å². The number of hydrogen-bond donors (Lipinski definition) is 2. The van der Waals surface area contributed by atoms with Crippen LogP contribution in [0.1, 0.15) is 12.5 Å². The van der Waals surface area contributed by atoms with Gasteiger partial charge in [-0.05, 0) is 19.1 Å². The topological polar surface area (TPSA) is 113 Å². The van der Waals surface area contributed by atoms with Gasteiger partial charge < -0.3 is 29.4 Å². The molecule has 0 unspecified atom stereocenters. The van der Waals surface area contributed by atoms with Gasteiger partial charge in [0.05, 0.1) is 25.4 Å². The van der Waals surface area contributed by atoms with Crippen molar-refractivity contribution < 1.29 is 28.5 Å². The molecule has 8 heteroatoms. The fourth-order valence-corrected chi connectivity index (χ4v) is 1.45. The first-order valence-corrected chi connectivity index (χ1v) is 6.61. The predicted octanol–water partition coefficient (Wildman–Crippen LogP) is 1.51. The van der Waals surface area contributed by atoms with Gasteiger partial charge in [-0.15, -0.1) is 0 Å². The van der Waals surface area contributed by atoms with Crippen LogP contribution in [-0.2, 0) is 14.2 Å². The van der Waals surface area contributed by atoms with Gasteiger partial charge in [-0.1, -0.05) is 0 Å². The Morgan fingerprint density at radius 2 is 2.09 bits per heavy atom. The third-order valence-corrected chi connectivity index (χ3v) is 2.44. The van der Waals surface area contributed by atoms with Crippen molar-refractivity contribution in [2.75, 3.05) is 33.7 Å². The van der Waals surface area contributed by atoms with Gasteiger partial charge in [-0.25, -0.2) is 4.79 Å². The van der Waals surface area contributed by atoms with E-state index in [-0.39, 0.29) is 30.5 Å². The Balaban J connectivity index is 2.72. The van der Waals surface area contributed by atoms with Crippen molar-refractivity contribution >= 4 is 12.0 Å². The van der Waals surface area contributed by atoms with Crippen LogP contribution < -0.4 is 15.2 Å². The number of ether oxygens (including phenoxy) is 5. The van der Waals surface area contributed by atoms with Crippen molar-refractivity contribution in [1.82, 2.24) is 0 Å². The Kier molecular flexibility index (Phi) is 7.73. The molecule has 0 spiro atoms. The number of benzene rings is 1. The van der Waals surface area contributed by atoms with Crippen molar-refractivity contribution in [1.29, 1.82) is 5.41 Å². The third-order valence-electron chi connectivity index (χ3n) is 2.44. The average molecular weight is 312 g/mol. The number of methoxy groups -OCH3 is 1. The summed E-state index contributed by atoms with van der Waals surface area (Å²) in [7, 11) is 1.57. The first-order chi connectivity index (χ1) is 10.6. The van der Waals surface area contributed by atoms with Gasteiger partial charge in [0, 0.05) is 13.2 Å². The summed E-state index contributed by atoms with van der Waals surface area (Å²) in [6.45, 7) is 2.71. The smallest absolute Gasteiger partial charge is 0.467 e. The summed E-state index contributed by atoms with van der Waals surface area (Å²) in [5.41, 5.74) is 5.71. The molecule has 0 fully saturated rings. The van der Waals surface area contributed by atoms with Crippen molar-refractivity contribution in [3.8, 4) is 11.5 Å².